The molecule has 1 amide bonds. The Labute approximate surface area is 141 Å². The molecule has 1 aliphatic rings. The number of hydrogen-bond donors (Lipinski definition) is 2. The molecule has 1 fully saturated rings. The Morgan fingerprint density at radius 3 is 2.04 bits per heavy atom. The molecule has 0 spiro atoms. The Hall–Kier alpha value is -1.35. The molecule has 3 nitrogen and oxygen atoms in total. The van der Waals surface area contributed by atoms with Gasteiger partial charge in [0, 0.05) is 17.1 Å². The van der Waals surface area contributed by atoms with Crippen LogP contribution in [0.1, 0.15) is 62.8 Å². The lowest BCUT2D eigenvalue weighted by Gasteiger charge is -2.46. The van der Waals surface area contributed by atoms with Crippen LogP contribution in [0, 0.1) is 20.8 Å². The Bertz CT molecular complexity index is 563. The average molecular weight is 316 g/mol. The fourth-order valence-electron chi connectivity index (χ4n) is 4.35. The average Bonchev–Trinajstić information content (AvgIpc) is 2.29. The Morgan fingerprint density at radius 2 is 1.57 bits per heavy atom. The number of nitrogens with one attached hydrogen (secondary N) is 2. The number of hydrogen-bond acceptors (Lipinski definition) is 2. The summed E-state index contributed by atoms with van der Waals surface area (Å²) >= 11 is 0. The predicted octanol–water partition coefficient (Wildman–Crippen LogP) is 3.58. The van der Waals surface area contributed by atoms with Gasteiger partial charge in [-0.05, 0) is 78.0 Å². The van der Waals surface area contributed by atoms with Gasteiger partial charge in [0.1, 0.15) is 0 Å². The van der Waals surface area contributed by atoms with Crippen molar-refractivity contribution in [2.75, 3.05) is 0 Å². The van der Waals surface area contributed by atoms with Crippen LogP contribution in [-0.2, 0) is 11.2 Å². The quantitative estimate of drug-likeness (QED) is 0.895. The first-order chi connectivity index (χ1) is 10.5. The molecule has 0 saturated carbocycles. The summed E-state index contributed by atoms with van der Waals surface area (Å²) in [6.07, 6.45) is 2.41. The summed E-state index contributed by atoms with van der Waals surface area (Å²) in [6, 6.07) is 4.55. The molecule has 128 valence electrons. The van der Waals surface area contributed by atoms with E-state index in [1.54, 1.807) is 0 Å². The van der Waals surface area contributed by atoms with Crippen molar-refractivity contribution in [2.45, 2.75) is 84.8 Å². The summed E-state index contributed by atoms with van der Waals surface area (Å²) < 4.78 is 0. The van der Waals surface area contributed by atoms with E-state index in [1.165, 1.54) is 22.3 Å². The van der Waals surface area contributed by atoms with E-state index in [0.29, 0.717) is 6.42 Å². The molecule has 3 heteroatoms. The minimum absolute atomic E-state index is 0.0510. The van der Waals surface area contributed by atoms with Crippen LogP contribution in [0.3, 0.4) is 0 Å². The molecule has 0 atom stereocenters. The predicted molar refractivity (Wildman–Crippen MR) is 96.8 cm³/mol. The Kier molecular flexibility index (Phi) is 4.91. The van der Waals surface area contributed by atoms with Gasteiger partial charge in [0.05, 0.1) is 6.42 Å². The van der Waals surface area contributed by atoms with E-state index in [2.05, 4.69) is 71.2 Å². The maximum absolute atomic E-state index is 12.6. The van der Waals surface area contributed by atoms with Crippen molar-refractivity contribution >= 4 is 5.91 Å². The van der Waals surface area contributed by atoms with E-state index in [9.17, 15) is 4.79 Å². The smallest absolute Gasteiger partial charge is 0.224 e. The molecule has 1 saturated heterocycles. The van der Waals surface area contributed by atoms with Gasteiger partial charge in [0.2, 0.25) is 5.91 Å². The maximum Gasteiger partial charge on any atom is 0.224 e. The minimum Gasteiger partial charge on any atom is -0.353 e. The van der Waals surface area contributed by atoms with Crippen molar-refractivity contribution < 1.29 is 4.79 Å². The zero-order valence-electron chi connectivity index (χ0n) is 15.8. The fraction of sp³-hybridized carbons (Fsp3) is 0.650. The molecular formula is C20H32N2O. The highest BCUT2D eigenvalue weighted by atomic mass is 16.1. The number of aryl methyl sites for hydroxylation is 3. The summed E-state index contributed by atoms with van der Waals surface area (Å²) in [5.74, 6) is 0.138. The molecule has 0 radical (unpaired) electrons. The summed E-state index contributed by atoms with van der Waals surface area (Å²) in [4.78, 5) is 12.6. The van der Waals surface area contributed by atoms with E-state index in [4.69, 9.17) is 0 Å². The van der Waals surface area contributed by atoms with Crippen molar-refractivity contribution in [3.05, 3.63) is 34.4 Å². The number of carbonyl (C=O) groups excluding carboxylic acids is 1. The lowest BCUT2D eigenvalue weighted by atomic mass is 9.79. The molecule has 1 heterocycles. The molecule has 1 aromatic rings. The molecule has 0 unspecified atom stereocenters. The van der Waals surface area contributed by atoms with Gasteiger partial charge in [-0.3, -0.25) is 4.79 Å². The van der Waals surface area contributed by atoms with Crippen LogP contribution in [-0.4, -0.2) is 23.0 Å². The van der Waals surface area contributed by atoms with E-state index in [0.717, 1.165) is 12.8 Å². The third-order valence-corrected chi connectivity index (χ3v) is 4.73. The molecule has 2 N–H and O–H groups in total. The van der Waals surface area contributed by atoms with Gasteiger partial charge >= 0.3 is 0 Å². The van der Waals surface area contributed by atoms with Crippen LogP contribution in [0.15, 0.2) is 12.1 Å². The van der Waals surface area contributed by atoms with E-state index in [1.807, 2.05) is 0 Å². The Morgan fingerprint density at radius 1 is 1.09 bits per heavy atom. The maximum atomic E-state index is 12.6. The highest BCUT2D eigenvalue weighted by Crippen LogP contribution is 2.28. The van der Waals surface area contributed by atoms with Crippen molar-refractivity contribution in [3.8, 4) is 0 Å². The summed E-state index contributed by atoms with van der Waals surface area (Å²) in [5.41, 5.74) is 4.95. The molecule has 0 aliphatic carbocycles. The lowest BCUT2D eigenvalue weighted by Crippen LogP contribution is -2.62. The van der Waals surface area contributed by atoms with Gasteiger partial charge in [-0.15, -0.1) is 0 Å². The number of amides is 1. The van der Waals surface area contributed by atoms with E-state index in [-0.39, 0.29) is 23.0 Å². The third-order valence-electron chi connectivity index (χ3n) is 4.73. The van der Waals surface area contributed by atoms with Gasteiger partial charge in [0.25, 0.3) is 0 Å². The van der Waals surface area contributed by atoms with E-state index < -0.39 is 0 Å². The number of piperidine rings is 1. The zero-order chi connectivity index (χ0) is 17.4. The van der Waals surface area contributed by atoms with Crippen molar-refractivity contribution in [2.24, 2.45) is 0 Å². The first kappa shape index (κ1) is 18.0. The highest BCUT2D eigenvalue weighted by Gasteiger charge is 2.38. The largest absolute Gasteiger partial charge is 0.353 e. The summed E-state index contributed by atoms with van der Waals surface area (Å²) in [5, 5.41) is 6.93. The van der Waals surface area contributed by atoms with Gasteiger partial charge < -0.3 is 10.6 Å². The molecule has 0 bridgehead atoms. The summed E-state index contributed by atoms with van der Waals surface area (Å²) in [6.45, 7) is 15.1. The molecule has 2 rings (SSSR count). The van der Waals surface area contributed by atoms with Gasteiger partial charge in [-0.2, -0.15) is 0 Å². The Balaban J connectivity index is 2.05. The minimum atomic E-state index is 0.0510. The van der Waals surface area contributed by atoms with Crippen LogP contribution in [0.5, 0.6) is 0 Å². The second-order valence-electron chi connectivity index (χ2n) is 8.62. The molecule has 1 aromatic carbocycles. The monoisotopic (exact) mass is 316 g/mol. The molecular weight excluding hydrogens is 284 g/mol. The van der Waals surface area contributed by atoms with Crippen LogP contribution in [0.25, 0.3) is 0 Å². The highest BCUT2D eigenvalue weighted by molar-refractivity contribution is 5.79. The fourth-order valence-corrected chi connectivity index (χ4v) is 4.35. The van der Waals surface area contributed by atoms with Crippen molar-refractivity contribution in [1.29, 1.82) is 0 Å². The topological polar surface area (TPSA) is 41.1 Å². The van der Waals surface area contributed by atoms with Crippen molar-refractivity contribution in [1.82, 2.24) is 10.6 Å². The van der Waals surface area contributed by atoms with Gasteiger partial charge in [0.15, 0.2) is 0 Å². The van der Waals surface area contributed by atoms with Gasteiger partial charge in [-0.1, -0.05) is 17.7 Å². The first-order valence-corrected chi connectivity index (χ1v) is 8.63. The third kappa shape index (κ3) is 4.81. The standard InChI is InChI=1S/C20H32N2O/c1-13-8-14(2)17(15(3)9-13)10-18(23)21-16-11-19(4,5)22-20(6,7)12-16/h8-9,16,22H,10-12H2,1-7H3,(H,21,23). The second kappa shape index (κ2) is 6.27. The molecule has 0 aromatic heterocycles. The zero-order valence-corrected chi connectivity index (χ0v) is 15.8. The summed E-state index contributed by atoms with van der Waals surface area (Å²) in [7, 11) is 0. The first-order valence-electron chi connectivity index (χ1n) is 8.63. The number of rotatable bonds is 3. The molecule has 23 heavy (non-hydrogen) atoms. The van der Waals surface area contributed by atoms with Gasteiger partial charge in [-0.25, -0.2) is 0 Å². The van der Waals surface area contributed by atoms with Crippen LogP contribution < -0.4 is 10.6 Å². The lowest BCUT2D eigenvalue weighted by molar-refractivity contribution is -0.121. The number of carbonyl (C=O) groups is 1. The van der Waals surface area contributed by atoms with Crippen LogP contribution >= 0.6 is 0 Å². The van der Waals surface area contributed by atoms with E-state index >= 15 is 0 Å². The number of benzene rings is 1. The van der Waals surface area contributed by atoms with Crippen LogP contribution in [0.2, 0.25) is 0 Å². The van der Waals surface area contributed by atoms with Crippen molar-refractivity contribution in [3.63, 3.8) is 0 Å². The second-order valence-corrected chi connectivity index (χ2v) is 8.62. The van der Waals surface area contributed by atoms with Crippen LogP contribution in [0.4, 0.5) is 0 Å². The molecule has 1 aliphatic heterocycles. The normalized spacial score (nSPS) is 20.3. The SMILES string of the molecule is Cc1cc(C)c(CC(=O)NC2CC(C)(C)NC(C)(C)C2)c(C)c1.